The van der Waals surface area contributed by atoms with Crippen LogP contribution in [0.2, 0.25) is 0 Å². The fourth-order valence-electron chi connectivity index (χ4n) is 1.94. The molecule has 1 N–H and O–H groups in total. The first kappa shape index (κ1) is 14.3. The van der Waals surface area contributed by atoms with Gasteiger partial charge in [-0.05, 0) is 31.5 Å². The van der Waals surface area contributed by atoms with Crippen molar-refractivity contribution in [2.75, 3.05) is 6.54 Å². The van der Waals surface area contributed by atoms with Crippen LogP contribution in [-0.2, 0) is 6.18 Å². The summed E-state index contributed by atoms with van der Waals surface area (Å²) in [6.07, 6.45) is -2.80. The zero-order chi connectivity index (χ0) is 11.8. The number of rotatable bonds is 1. The molecule has 0 radical (unpaired) electrons. The molecular formula is C11H12ClF4N. The average molecular weight is 270 g/mol. The molecule has 1 aliphatic heterocycles. The number of alkyl halides is 3. The van der Waals surface area contributed by atoms with Gasteiger partial charge < -0.3 is 5.32 Å². The maximum absolute atomic E-state index is 13.5. The van der Waals surface area contributed by atoms with Crippen molar-refractivity contribution in [2.45, 2.75) is 25.1 Å². The van der Waals surface area contributed by atoms with E-state index in [2.05, 4.69) is 5.32 Å². The second-order valence-electron chi connectivity index (χ2n) is 3.88. The van der Waals surface area contributed by atoms with E-state index in [-0.39, 0.29) is 18.4 Å². The molecule has 1 aliphatic rings. The minimum absolute atomic E-state index is 0. The Balaban J connectivity index is 0.00000144. The second-order valence-corrected chi connectivity index (χ2v) is 3.88. The number of nitrogens with one attached hydrogen (secondary N) is 1. The predicted octanol–water partition coefficient (Wildman–Crippen LogP) is 3.69. The minimum atomic E-state index is -4.48. The Morgan fingerprint density at radius 2 is 1.94 bits per heavy atom. The van der Waals surface area contributed by atoms with Crippen LogP contribution in [0.25, 0.3) is 0 Å². The molecule has 17 heavy (non-hydrogen) atoms. The molecule has 0 bridgehead atoms. The lowest BCUT2D eigenvalue weighted by Crippen LogP contribution is -2.15. The van der Waals surface area contributed by atoms with Gasteiger partial charge in [0.25, 0.3) is 0 Å². The Bertz CT molecular complexity index is 386. The van der Waals surface area contributed by atoms with Crippen LogP contribution in [0.3, 0.4) is 0 Å². The molecule has 0 amide bonds. The highest BCUT2D eigenvalue weighted by Crippen LogP contribution is 2.32. The SMILES string of the molecule is Cl.Fc1cc(C(F)(F)F)ccc1[C@@H]1CCCN1. The van der Waals surface area contributed by atoms with E-state index in [4.69, 9.17) is 0 Å². The molecule has 1 saturated heterocycles. The van der Waals surface area contributed by atoms with Gasteiger partial charge in [-0.1, -0.05) is 6.07 Å². The van der Waals surface area contributed by atoms with Crippen molar-refractivity contribution in [1.82, 2.24) is 5.32 Å². The predicted molar refractivity (Wildman–Crippen MR) is 58.6 cm³/mol. The molecular weight excluding hydrogens is 258 g/mol. The van der Waals surface area contributed by atoms with Crippen LogP contribution >= 0.6 is 12.4 Å². The van der Waals surface area contributed by atoms with Gasteiger partial charge in [-0.3, -0.25) is 0 Å². The number of hydrogen-bond donors (Lipinski definition) is 1. The first-order valence-corrected chi connectivity index (χ1v) is 5.08. The van der Waals surface area contributed by atoms with Crippen LogP contribution in [0.4, 0.5) is 17.6 Å². The van der Waals surface area contributed by atoms with E-state index >= 15 is 0 Å². The molecule has 2 rings (SSSR count). The molecule has 6 heteroatoms. The highest BCUT2D eigenvalue weighted by molar-refractivity contribution is 5.85. The number of hydrogen-bond acceptors (Lipinski definition) is 1. The van der Waals surface area contributed by atoms with E-state index in [1.165, 1.54) is 6.07 Å². The zero-order valence-electron chi connectivity index (χ0n) is 8.85. The van der Waals surface area contributed by atoms with Gasteiger partial charge in [0.15, 0.2) is 0 Å². The third kappa shape index (κ3) is 3.10. The van der Waals surface area contributed by atoms with Crippen molar-refractivity contribution >= 4 is 12.4 Å². The summed E-state index contributed by atoms with van der Waals surface area (Å²) in [4.78, 5) is 0. The number of benzene rings is 1. The molecule has 1 atom stereocenters. The minimum Gasteiger partial charge on any atom is -0.310 e. The molecule has 1 aromatic rings. The first-order valence-electron chi connectivity index (χ1n) is 5.08. The molecule has 1 fully saturated rings. The van der Waals surface area contributed by atoms with Crippen molar-refractivity contribution in [2.24, 2.45) is 0 Å². The van der Waals surface area contributed by atoms with Gasteiger partial charge in [-0.25, -0.2) is 4.39 Å². The van der Waals surface area contributed by atoms with E-state index in [0.29, 0.717) is 11.6 Å². The first-order chi connectivity index (χ1) is 7.48. The second kappa shape index (κ2) is 5.23. The van der Waals surface area contributed by atoms with Crippen molar-refractivity contribution < 1.29 is 17.6 Å². The van der Waals surface area contributed by atoms with E-state index in [1.807, 2.05) is 0 Å². The molecule has 1 aromatic carbocycles. The van der Waals surface area contributed by atoms with Crippen LogP contribution in [0, 0.1) is 5.82 Å². The van der Waals surface area contributed by atoms with Crippen LogP contribution in [0.15, 0.2) is 18.2 Å². The molecule has 0 aromatic heterocycles. The highest BCUT2D eigenvalue weighted by atomic mass is 35.5. The molecule has 0 saturated carbocycles. The Kier molecular flexibility index (Phi) is 4.38. The topological polar surface area (TPSA) is 12.0 Å². The van der Waals surface area contributed by atoms with Gasteiger partial charge in [0.05, 0.1) is 5.56 Å². The van der Waals surface area contributed by atoms with Gasteiger partial charge in [0.1, 0.15) is 5.82 Å². The zero-order valence-corrected chi connectivity index (χ0v) is 9.67. The van der Waals surface area contributed by atoms with Gasteiger partial charge >= 0.3 is 6.18 Å². The van der Waals surface area contributed by atoms with E-state index < -0.39 is 17.6 Å². The van der Waals surface area contributed by atoms with Crippen LogP contribution < -0.4 is 5.32 Å². The summed E-state index contributed by atoms with van der Waals surface area (Å²) in [5.41, 5.74) is -0.614. The largest absolute Gasteiger partial charge is 0.416 e. The summed E-state index contributed by atoms with van der Waals surface area (Å²) >= 11 is 0. The lowest BCUT2D eigenvalue weighted by atomic mass is 10.0. The van der Waals surface area contributed by atoms with Gasteiger partial charge in [0, 0.05) is 11.6 Å². The monoisotopic (exact) mass is 269 g/mol. The fourth-order valence-corrected chi connectivity index (χ4v) is 1.94. The highest BCUT2D eigenvalue weighted by Gasteiger charge is 2.32. The fraction of sp³-hybridized carbons (Fsp3) is 0.455. The van der Waals surface area contributed by atoms with E-state index in [0.717, 1.165) is 25.5 Å². The maximum atomic E-state index is 13.5. The quantitative estimate of drug-likeness (QED) is 0.767. The molecule has 1 nitrogen and oxygen atoms in total. The van der Waals surface area contributed by atoms with Gasteiger partial charge in [-0.2, -0.15) is 13.2 Å². The average Bonchev–Trinajstić information content (AvgIpc) is 2.69. The normalized spacial score (nSPS) is 20.1. The summed E-state index contributed by atoms with van der Waals surface area (Å²) in [7, 11) is 0. The lowest BCUT2D eigenvalue weighted by molar-refractivity contribution is -0.137. The van der Waals surface area contributed by atoms with Crippen molar-refractivity contribution in [1.29, 1.82) is 0 Å². The van der Waals surface area contributed by atoms with Crippen LogP contribution in [-0.4, -0.2) is 6.54 Å². The third-order valence-corrected chi connectivity index (χ3v) is 2.76. The molecule has 1 heterocycles. The summed E-state index contributed by atoms with van der Waals surface area (Å²) in [6.45, 7) is 0.783. The summed E-state index contributed by atoms with van der Waals surface area (Å²) < 4.78 is 50.4. The van der Waals surface area contributed by atoms with Gasteiger partial charge in [0.2, 0.25) is 0 Å². The van der Waals surface area contributed by atoms with E-state index in [9.17, 15) is 17.6 Å². The van der Waals surface area contributed by atoms with Crippen molar-refractivity contribution in [3.8, 4) is 0 Å². The van der Waals surface area contributed by atoms with E-state index in [1.54, 1.807) is 0 Å². The van der Waals surface area contributed by atoms with Crippen molar-refractivity contribution in [3.63, 3.8) is 0 Å². The molecule has 0 spiro atoms. The summed E-state index contributed by atoms with van der Waals surface area (Å²) in [6, 6.07) is 2.57. The molecule has 0 unspecified atom stereocenters. The molecule has 0 aliphatic carbocycles. The lowest BCUT2D eigenvalue weighted by Gasteiger charge is -2.13. The number of halogens is 5. The maximum Gasteiger partial charge on any atom is 0.416 e. The van der Waals surface area contributed by atoms with Crippen LogP contribution in [0.1, 0.15) is 30.0 Å². The Morgan fingerprint density at radius 3 is 2.41 bits per heavy atom. The van der Waals surface area contributed by atoms with Crippen LogP contribution in [0.5, 0.6) is 0 Å². The summed E-state index contributed by atoms with van der Waals surface area (Å²) in [5.74, 6) is -0.783. The Hall–Kier alpha value is -0.810. The summed E-state index contributed by atoms with van der Waals surface area (Å²) in [5, 5.41) is 3.05. The third-order valence-electron chi connectivity index (χ3n) is 2.76. The Morgan fingerprint density at radius 1 is 1.24 bits per heavy atom. The van der Waals surface area contributed by atoms with Gasteiger partial charge in [-0.15, -0.1) is 12.4 Å². The Labute approximate surface area is 103 Å². The van der Waals surface area contributed by atoms with Crippen molar-refractivity contribution in [3.05, 3.63) is 35.1 Å². The molecule has 96 valence electrons. The smallest absolute Gasteiger partial charge is 0.310 e. The standard InChI is InChI=1S/C11H11F4N.ClH/c12-9-6-7(11(13,14)15)3-4-8(9)10-2-1-5-16-10;/h3-4,6,10,16H,1-2,5H2;1H/t10-;/m0./s1.